The van der Waals surface area contributed by atoms with Crippen LogP contribution in [0.4, 0.5) is 5.13 Å². The second-order valence-corrected chi connectivity index (χ2v) is 8.99. The van der Waals surface area contributed by atoms with Gasteiger partial charge in [0.15, 0.2) is 5.13 Å². The summed E-state index contributed by atoms with van der Waals surface area (Å²) >= 11 is -0.767. The van der Waals surface area contributed by atoms with Crippen LogP contribution < -0.4 is 5.32 Å². The quantitative estimate of drug-likeness (QED) is 0.605. The molecule has 1 fully saturated rings. The summed E-state index contributed by atoms with van der Waals surface area (Å²) in [5.41, 5.74) is 2.38. The fourth-order valence-electron chi connectivity index (χ4n) is 3.74. The lowest BCUT2D eigenvalue weighted by molar-refractivity contribution is -0.118. The Bertz CT molecular complexity index is 801. The Morgan fingerprint density at radius 1 is 1.32 bits per heavy atom. The zero-order valence-electron chi connectivity index (χ0n) is 15.6. The number of aromatic nitrogens is 1. The summed E-state index contributed by atoms with van der Waals surface area (Å²) in [5.74, 6) is 0.134. The van der Waals surface area contributed by atoms with Crippen molar-refractivity contribution in [1.82, 2.24) is 4.98 Å². The van der Waals surface area contributed by atoms with Crippen LogP contribution in [-0.4, -0.2) is 31.4 Å². The van der Waals surface area contributed by atoms with Gasteiger partial charge in [0.25, 0.3) is 0 Å². The minimum absolute atomic E-state index is 0.0213. The number of rotatable bonds is 9. The molecule has 0 bridgehead atoms. The van der Waals surface area contributed by atoms with Gasteiger partial charge >= 0.3 is 0 Å². The van der Waals surface area contributed by atoms with Crippen LogP contribution in [0.3, 0.4) is 0 Å². The normalized spacial score (nSPS) is 16.8. The van der Waals surface area contributed by atoms with Gasteiger partial charge in [-0.15, -0.1) is 11.3 Å². The molecule has 1 amide bonds. The van der Waals surface area contributed by atoms with Crippen LogP contribution in [0.1, 0.15) is 54.8 Å². The number of nitrogens with zero attached hydrogens (tertiary/aromatic N) is 1. The van der Waals surface area contributed by atoms with Gasteiger partial charge in [-0.25, -0.2) is 4.98 Å². The highest BCUT2D eigenvalue weighted by Gasteiger charge is 2.27. The molecule has 2 unspecified atom stereocenters. The molecule has 1 saturated carbocycles. The third kappa shape index (κ3) is 5.94. The summed E-state index contributed by atoms with van der Waals surface area (Å²) in [6, 6.07) is 7.28. The Morgan fingerprint density at radius 3 is 2.68 bits per heavy atom. The highest BCUT2D eigenvalue weighted by atomic mass is 32.2. The molecule has 8 heteroatoms. The van der Waals surface area contributed by atoms with Crippen LogP contribution in [0.15, 0.2) is 29.6 Å². The van der Waals surface area contributed by atoms with Gasteiger partial charge < -0.3 is 15.0 Å². The van der Waals surface area contributed by atoms with Gasteiger partial charge in [-0.1, -0.05) is 61.0 Å². The van der Waals surface area contributed by atoms with E-state index < -0.39 is 11.1 Å². The molecular formula is C20H25N2O4S2-. The predicted octanol–water partition coefficient (Wildman–Crippen LogP) is 3.36. The van der Waals surface area contributed by atoms with Crippen molar-refractivity contribution < 1.29 is 18.7 Å². The SMILES string of the molecule is O=C(Nc1nc(CCO)cs1)C(CC1CCCC1)c1ccc(CS(=O)[O-])cc1. The zero-order chi connectivity index (χ0) is 19.9. The second-order valence-electron chi connectivity index (χ2n) is 7.24. The number of hydrogen-bond donors (Lipinski definition) is 2. The highest BCUT2D eigenvalue weighted by molar-refractivity contribution is 7.78. The third-order valence-electron chi connectivity index (χ3n) is 5.18. The summed E-state index contributed by atoms with van der Waals surface area (Å²) < 4.78 is 21.8. The van der Waals surface area contributed by atoms with Crippen LogP contribution >= 0.6 is 11.3 Å². The number of benzene rings is 1. The maximum absolute atomic E-state index is 13.0. The molecule has 2 N–H and O–H groups in total. The first-order chi connectivity index (χ1) is 13.5. The molecule has 28 heavy (non-hydrogen) atoms. The molecule has 1 aromatic heterocycles. The number of anilines is 1. The Morgan fingerprint density at radius 2 is 2.04 bits per heavy atom. The van der Waals surface area contributed by atoms with Gasteiger partial charge in [-0.2, -0.15) is 0 Å². The summed E-state index contributed by atoms with van der Waals surface area (Å²) in [5, 5.41) is 14.3. The second kappa shape index (κ2) is 10.2. The van der Waals surface area contributed by atoms with E-state index in [0.717, 1.165) is 30.5 Å². The molecule has 1 aliphatic rings. The van der Waals surface area contributed by atoms with Crippen molar-refractivity contribution >= 4 is 33.5 Å². The molecule has 6 nitrogen and oxygen atoms in total. The molecule has 152 valence electrons. The Kier molecular flexibility index (Phi) is 7.73. The van der Waals surface area contributed by atoms with Crippen LogP contribution in [0.25, 0.3) is 0 Å². The topological polar surface area (TPSA) is 102 Å². The number of hydrogen-bond acceptors (Lipinski definition) is 6. The maximum atomic E-state index is 13.0. The van der Waals surface area contributed by atoms with Crippen molar-refractivity contribution in [3.8, 4) is 0 Å². The molecule has 2 atom stereocenters. The molecule has 1 heterocycles. The van der Waals surface area contributed by atoms with Gasteiger partial charge in [0.2, 0.25) is 5.91 Å². The van der Waals surface area contributed by atoms with Gasteiger partial charge in [0, 0.05) is 24.2 Å². The van der Waals surface area contributed by atoms with Crippen molar-refractivity contribution in [2.45, 2.75) is 50.2 Å². The number of nitrogens with one attached hydrogen (secondary N) is 1. The fourth-order valence-corrected chi connectivity index (χ4v) is 4.95. The first-order valence-electron chi connectivity index (χ1n) is 9.56. The zero-order valence-corrected chi connectivity index (χ0v) is 17.3. The van der Waals surface area contributed by atoms with Crippen LogP contribution in [0.5, 0.6) is 0 Å². The first kappa shape index (κ1) is 21.1. The average Bonchev–Trinajstić information content (AvgIpc) is 3.32. The lowest BCUT2D eigenvalue weighted by Gasteiger charge is -2.20. The molecule has 0 saturated heterocycles. The standard InChI is InChI=1S/C20H26N2O4S2/c23-10-9-17-12-27-20(21-17)22-19(24)18(11-14-3-1-2-4-14)16-7-5-15(6-8-16)13-28(25)26/h5-8,12,14,18,23H,1-4,9-11,13H2,(H,25,26)(H,21,22,24)/p-1. The first-order valence-corrected chi connectivity index (χ1v) is 11.7. The number of amides is 1. The minimum atomic E-state index is -2.13. The summed E-state index contributed by atoms with van der Waals surface area (Å²) in [4.78, 5) is 17.4. The molecular weight excluding hydrogens is 396 g/mol. The number of aliphatic hydroxyl groups is 1. The molecule has 1 aliphatic carbocycles. The van der Waals surface area contributed by atoms with Crippen LogP contribution in [0.2, 0.25) is 0 Å². The van der Waals surface area contributed by atoms with E-state index in [9.17, 15) is 13.6 Å². The van der Waals surface area contributed by atoms with Crippen molar-refractivity contribution in [2.24, 2.45) is 5.92 Å². The van der Waals surface area contributed by atoms with E-state index >= 15 is 0 Å². The highest BCUT2D eigenvalue weighted by Crippen LogP contribution is 2.35. The van der Waals surface area contributed by atoms with Gasteiger partial charge in [0.1, 0.15) is 0 Å². The lowest BCUT2D eigenvalue weighted by atomic mass is 9.87. The van der Waals surface area contributed by atoms with Crippen LogP contribution in [-0.2, 0) is 28.0 Å². The smallest absolute Gasteiger partial charge is 0.233 e. The molecule has 0 aliphatic heterocycles. The number of carbonyl (C=O) groups excluding carboxylic acids is 1. The Labute approximate surface area is 171 Å². The van der Waals surface area contributed by atoms with E-state index in [-0.39, 0.29) is 24.2 Å². The number of thiazole rings is 1. The predicted molar refractivity (Wildman–Crippen MR) is 110 cm³/mol. The van der Waals surface area contributed by atoms with Crippen molar-refractivity contribution in [3.05, 3.63) is 46.5 Å². The van der Waals surface area contributed by atoms with E-state index in [1.807, 2.05) is 17.5 Å². The molecule has 3 rings (SSSR count). The van der Waals surface area contributed by atoms with E-state index in [4.69, 9.17) is 5.11 Å². The monoisotopic (exact) mass is 421 g/mol. The molecule has 0 radical (unpaired) electrons. The Hall–Kier alpha value is -1.61. The van der Waals surface area contributed by atoms with Gasteiger partial charge in [0.05, 0.1) is 11.6 Å². The summed E-state index contributed by atoms with van der Waals surface area (Å²) in [6.45, 7) is 0.0297. The summed E-state index contributed by atoms with van der Waals surface area (Å²) in [7, 11) is 0. The minimum Gasteiger partial charge on any atom is -0.772 e. The average molecular weight is 422 g/mol. The largest absolute Gasteiger partial charge is 0.772 e. The van der Waals surface area contributed by atoms with E-state index in [2.05, 4.69) is 10.3 Å². The third-order valence-corrected chi connectivity index (χ3v) is 6.55. The molecule has 1 aromatic carbocycles. The van der Waals surface area contributed by atoms with Crippen molar-refractivity contribution in [3.63, 3.8) is 0 Å². The Balaban J connectivity index is 1.75. The van der Waals surface area contributed by atoms with Crippen LogP contribution in [0, 0.1) is 5.92 Å². The maximum Gasteiger partial charge on any atom is 0.233 e. The van der Waals surface area contributed by atoms with E-state index in [1.165, 1.54) is 24.2 Å². The fraction of sp³-hybridized carbons (Fsp3) is 0.500. The molecule has 2 aromatic rings. The van der Waals surface area contributed by atoms with Crippen molar-refractivity contribution in [2.75, 3.05) is 11.9 Å². The number of carbonyl (C=O) groups is 1. The summed E-state index contributed by atoms with van der Waals surface area (Å²) in [6.07, 6.45) is 5.98. The van der Waals surface area contributed by atoms with E-state index in [0.29, 0.717) is 23.0 Å². The number of aliphatic hydroxyl groups excluding tert-OH is 1. The van der Waals surface area contributed by atoms with Gasteiger partial charge in [-0.05, 0) is 23.5 Å². The van der Waals surface area contributed by atoms with Gasteiger partial charge in [-0.3, -0.25) is 9.00 Å². The van der Waals surface area contributed by atoms with E-state index in [1.54, 1.807) is 12.1 Å². The van der Waals surface area contributed by atoms with Crippen molar-refractivity contribution in [1.29, 1.82) is 0 Å². The molecule has 0 spiro atoms. The lowest BCUT2D eigenvalue weighted by Crippen LogP contribution is -2.23.